The summed E-state index contributed by atoms with van der Waals surface area (Å²) in [6, 6.07) is 0.442. The molecule has 4 heteroatoms. The summed E-state index contributed by atoms with van der Waals surface area (Å²) in [4.78, 5) is 4.35. The number of oxazole rings is 1. The molecule has 1 aromatic heterocycles. The van der Waals surface area contributed by atoms with Gasteiger partial charge in [0.05, 0.1) is 18.8 Å². The van der Waals surface area contributed by atoms with Crippen LogP contribution in [0.4, 0.5) is 0 Å². The predicted molar refractivity (Wildman–Crippen MR) is 61.2 cm³/mol. The number of aryl methyl sites for hydroxylation is 2. The molecule has 0 bridgehead atoms. The van der Waals surface area contributed by atoms with Gasteiger partial charge in [0.2, 0.25) is 5.89 Å². The summed E-state index contributed by atoms with van der Waals surface area (Å²) in [5.74, 6) is 2.46. The second kappa shape index (κ2) is 4.97. The highest BCUT2D eigenvalue weighted by Crippen LogP contribution is 2.32. The van der Waals surface area contributed by atoms with Gasteiger partial charge < -0.3 is 14.5 Å². The van der Waals surface area contributed by atoms with Crippen molar-refractivity contribution in [1.82, 2.24) is 10.3 Å². The SMILES string of the molecule is COCC(NCc1nc(C)c(C)o1)C1CC1. The Kier molecular flexibility index (Phi) is 3.61. The quantitative estimate of drug-likeness (QED) is 0.800. The lowest BCUT2D eigenvalue weighted by Gasteiger charge is -2.15. The smallest absolute Gasteiger partial charge is 0.208 e. The Morgan fingerprint density at radius 2 is 2.25 bits per heavy atom. The van der Waals surface area contributed by atoms with Crippen LogP contribution in [0.1, 0.15) is 30.2 Å². The summed E-state index contributed by atoms with van der Waals surface area (Å²) < 4.78 is 10.7. The van der Waals surface area contributed by atoms with Gasteiger partial charge in [-0.2, -0.15) is 0 Å². The molecule has 1 saturated carbocycles. The Morgan fingerprint density at radius 1 is 1.50 bits per heavy atom. The summed E-state index contributed by atoms with van der Waals surface area (Å²) in [7, 11) is 1.75. The van der Waals surface area contributed by atoms with Crippen molar-refractivity contribution in [2.24, 2.45) is 5.92 Å². The fraction of sp³-hybridized carbons (Fsp3) is 0.750. The molecule has 1 aliphatic carbocycles. The number of ether oxygens (including phenoxy) is 1. The molecule has 2 rings (SSSR count). The molecule has 90 valence electrons. The first-order valence-electron chi connectivity index (χ1n) is 5.86. The van der Waals surface area contributed by atoms with Gasteiger partial charge in [0.15, 0.2) is 0 Å². The first-order valence-corrected chi connectivity index (χ1v) is 5.86. The maximum atomic E-state index is 5.53. The average Bonchev–Trinajstić information content (AvgIpc) is 3.02. The largest absolute Gasteiger partial charge is 0.444 e. The Bertz CT molecular complexity index is 325. The van der Waals surface area contributed by atoms with Gasteiger partial charge in [0.25, 0.3) is 0 Å². The van der Waals surface area contributed by atoms with Crippen molar-refractivity contribution >= 4 is 0 Å². The van der Waals surface area contributed by atoms with Crippen molar-refractivity contribution in [3.63, 3.8) is 0 Å². The average molecular weight is 224 g/mol. The second-order valence-electron chi connectivity index (χ2n) is 4.53. The number of hydrogen-bond donors (Lipinski definition) is 1. The highest BCUT2D eigenvalue weighted by atomic mass is 16.5. The first-order chi connectivity index (χ1) is 7.70. The molecule has 16 heavy (non-hydrogen) atoms. The Hall–Kier alpha value is -0.870. The lowest BCUT2D eigenvalue weighted by atomic mass is 10.2. The van der Waals surface area contributed by atoms with Crippen LogP contribution >= 0.6 is 0 Å². The third-order valence-corrected chi connectivity index (χ3v) is 3.13. The molecular formula is C12H20N2O2. The molecule has 0 amide bonds. The van der Waals surface area contributed by atoms with E-state index in [1.165, 1.54) is 12.8 Å². The van der Waals surface area contributed by atoms with Gasteiger partial charge in [-0.1, -0.05) is 0 Å². The third kappa shape index (κ3) is 2.83. The van der Waals surface area contributed by atoms with Crippen LogP contribution in [0.25, 0.3) is 0 Å². The second-order valence-corrected chi connectivity index (χ2v) is 4.53. The van der Waals surface area contributed by atoms with Crippen LogP contribution in [0.2, 0.25) is 0 Å². The third-order valence-electron chi connectivity index (χ3n) is 3.13. The van der Waals surface area contributed by atoms with Crippen LogP contribution in [0.3, 0.4) is 0 Å². The molecule has 0 spiro atoms. The molecule has 1 heterocycles. The van der Waals surface area contributed by atoms with E-state index in [9.17, 15) is 0 Å². The van der Waals surface area contributed by atoms with E-state index >= 15 is 0 Å². The van der Waals surface area contributed by atoms with Crippen LogP contribution in [-0.2, 0) is 11.3 Å². The topological polar surface area (TPSA) is 47.3 Å². The maximum absolute atomic E-state index is 5.53. The van der Waals surface area contributed by atoms with Crippen LogP contribution in [0, 0.1) is 19.8 Å². The van der Waals surface area contributed by atoms with E-state index in [2.05, 4.69) is 10.3 Å². The number of methoxy groups -OCH3 is 1. The monoisotopic (exact) mass is 224 g/mol. The summed E-state index contributed by atoms with van der Waals surface area (Å²) in [5, 5.41) is 3.46. The Morgan fingerprint density at radius 3 is 2.75 bits per heavy atom. The lowest BCUT2D eigenvalue weighted by Crippen LogP contribution is -2.34. The molecule has 1 aromatic rings. The molecule has 1 fully saturated rings. The van der Waals surface area contributed by atoms with E-state index in [4.69, 9.17) is 9.15 Å². The van der Waals surface area contributed by atoms with Crippen molar-refractivity contribution in [3.8, 4) is 0 Å². The molecule has 0 radical (unpaired) electrons. The normalized spacial score (nSPS) is 17.7. The minimum Gasteiger partial charge on any atom is -0.444 e. The zero-order chi connectivity index (χ0) is 11.5. The Balaban J connectivity index is 1.84. The van der Waals surface area contributed by atoms with Crippen molar-refractivity contribution in [1.29, 1.82) is 0 Å². The van der Waals surface area contributed by atoms with E-state index in [0.29, 0.717) is 12.6 Å². The fourth-order valence-electron chi connectivity index (χ4n) is 1.87. The molecule has 1 aliphatic rings. The van der Waals surface area contributed by atoms with Crippen molar-refractivity contribution in [3.05, 3.63) is 17.3 Å². The predicted octanol–water partition coefficient (Wildman–Crippen LogP) is 1.81. The van der Waals surface area contributed by atoms with E-state index in [1.807, 2.05) is 13.8 Å². The van der Waals surface area contributed by atoms with Crippen LogP contribution in [0.15, 0.2) is 4.42 Å². The Labute approximate surface area is 96.4 Å². The van der Waals surface area contributed by atoms with Crippen LogP contribution in [-0.4, -0.2) is 24.7 Å². The molecule has 0 saturated heterocycles. The molecule has 1 unspecified atom stereocenters. The molecule has 1 atom stereocenters. The van der Waals surface area contributed by atoms with Gasteiger partial charge >= 0.3 is 0 Å². The van der Waals surface area contributed by atoms with E-state index in [-0.39, 0.29) is 0 Å². The highest BCUT2D eigenvalue weighted by molar-refractivity contribution is 5.05. The van der Waals surface area contributed by atoms with E-state index in [1.54, 1.807) is 7.11 Å². The number of nitrogens with zero attached hydrogens (tertiary/aromatic N) is 1. The van der Waals surface area contributed by atoms with Gasteiger partial charge in [-0.15, -0.1) is 0 Å². The molecule has 0 aliphatic heterocycles. The number of hydrogen-bond acceptors (Lipinski definition) is 4. The highest BCUT2D eigenvalue weighted by Gasteiger charge is 2.30. The maximum Gasteiger partial charge on any atom is 0.208 e. The van der Waals surface area contributed by atoms with Gasteiger partial charge in [0, 0.05) is 13.2 Å². The van der Waals surface area contributed by atoms with Crippen LogP contribution < -0.4 is 5.32 Å². The van der Waals surface area contributed by atoms with Gasteiger partial charge in [-0.25, -0.2) is 4.98 Å². The molecule has 4 nitrogen and oxygen atoms in total. The number of nitrogens with one attached hydrogen (secondary N) is 1. The fourth-order valence-corrected chi connectivity index (χ4v) is 1.87. The summed E-state index contributed by atoms with van der Waals surface area (Å²) in [6.45, 7) is 5.37. The van der Waals surface area contributed by atoms with E-state index < -0.39 is 0 Å². The molecular weight excluding hydrogens is 204 g/mol. The minimum atomic E-state index is 0.442. The lowest BCUT2D eigenvalue weighted by molar-refractivity contribution is 0.155. The van der Waals surface area contributed by atoms with Crippen molar-refractivity contribution in [2.75, 3.05) is 13.7 Å². The summed E-state index contributed by atoms with van der Waals surface area (Å²) in [6.07, 6.45) is 2.62. The molecule has 1 N–H and O–H groups in total. The van der Waals surface area contributed by atoms with E-state index in [0.717, 1.165) is 29.9 Å². The zero-order valence-electron chi connectivity index (χ0n) is 10.2. The zero-order valence-corrected chi connectivity index (χ0v) is 10.2. The number of rotatable bonds is 6. The van der Waals surface area contributed by atoms with Crippen LogP contribution in [0.5, 0.6) is 0 Å². The van der Waals surface area contributed by atoms with Crippen molar-refractivity contribution in [2.45, 2.75) is 39.3 Å². The van der Waals surface area contributed by atoms with Gasteiger partial charge in [-0.05, 0) is 32.6 Å². The summed E-state index contributed by atoms with van der Waals surface area (Å²) >= 11 is 0. The van der Waals surface area contributed by atoms with Gasteiger partial charge in [-0.3, -0.25) is 0 Å². The molecule has 0 aromatic carbocycles. The standard InChI is InChI=1S/C12H20N2O2/c1-8-9(2)16-12(14-8)6-13-11(7-15-3)10-4-5-10/h10-11,13H,4-7H2,1-3H3. The van der Waals surface area contributed by atoms with Crippen molar-refractivity contribution < 1.29 is 9.15 Å². The first kappa shape index (κ1) is 11.6. The number of aromatic nitrogens is 1. The minimum absolute atomic E-state index is 0.442. The summed E-state index contributed by atoms with van der Waals surface area (Å²) in [5.41, 5.74) is 0.978. The van der Waals surface area contributed by atoms with Gasteiger partial charge in [0.1, 0.15) is 5.76 Å².